The largest absolute Gasteiger partial charge is 0.368 e. The standard InChI is InChI=1S/C16H24ClN3S/c1-4-13(3)18-16(21)20-9-7-19(8-10-20)15-11-14(17)6-5-12(15)2/h5-6,11,13H,4,7-10H2,1-3H3,(H,18,21)/t13-/m0/s1. The summed E-state index contributed by atoms with van der Waals surface area (Å²) in [6, 6.07) is 6.52. The second-order valence-electron chi connectivity index (χ2n) is 5.66. The molecule has 1 N–H and O–H groups in total. The van der Waals surface area contributed by atoms with Gasteiger partial charge in [0.05, 0.1) is 0 Å². The van der Waals surface area contributed by atoms with Crippen molar-refractivity contribution in [3.8, 4) is 0 Å². The van der Waals surface area contributed by atoms with Crippen LogP contribution in [0, 0.1) is 6.92 Å². The molecule has 0 bridgehead atoms. The van der Waals surface area contributed by atoms with Gasteiger partial charge in [0.1, 0.15) is 0 Å². The lowest BCUT2D eigenvalue weighted by Crippen LogP contribution is -2.53. The van der Waals surface area contributed by atoms with Gasteiger partial charge in [0.25, 0.3) is 0 Å². The third kappa shape index (κ3) is 4.24. The molecule has 1 heterocycles. The van der Waals surface area contributed by atoms with E-state index in [1.54, 1.807) is 0 Å². The number of hydrogen-bond acceptors (Lipinski definition) is 2. The summed E-state index contributed by atoms with van der Waals surface area (Å²) in [7, 11) is 0. The van der Waals surface area contributed by atoms with Crippen molar-refractivity contribution in [1.29, 1.82) is 0 Å². The fourth-order valence-corrected chi connectivity index (χ4v) is 3.03. The molecule has 3 nitrogen and oxygen atoms in total. The lowest BCUT2D eigenvalue weighted by Gasteiger charge is -2.38. The van der Waals surface area contributed by atoms with Gasteiger partial charge < -0.3 is 15.1 Å². The summed E-state index contributed by atoms with van der Waals surface area (Å²) in [5.74, 6) is 0. The third-order valence-corrected chi connectivity index (χ3v) is 4.67. The van der Waals surface area contributed by atoms with Crippen molar-refractivity contribution in [2.45, 2.75) is 33.2 Å². The Hall–Kier alpha value is -1.00. The maximum Gasteiger partial charge on any atom is 0.169 e. The van der Waals surface area contributed by atoms with Gasteiger partial charge in [-0.15, -0.1) is 0 Å². The summed E-state index contributed by atoms with van der Waals surface area (Å²) in [5, 5.41) is 5.07. The Balaban J connectivity index is 1.94. The highest BCUT2D eigenvalue weighted by Gasteiger charge is 2.20. The van der Waals surface area contributed by atoms with E-state index in [0.29, 0.717) is 6.04 Å². The van der Waals surface area contributed by atoms with Gasteiger partial charge in [-0.3, -0.25) is 0 Å². The Morgan fingerprint density at radius 2 is 2.00 bits per heavy atom. The lowest BCUT2D eigenvalue weighted by molar-refractivity contribution is 0.375. The molecule has 1 aromatic rings. The molecule has 1 aromatic carbocycles. The maximum atomic E-state index is 6.12. The summed E-state index contributed by atoms with van der Waals surface area (Å²) in [5.41, 5.74) is 2.51. The van der Waals surface area contributed by atoms with Crippen LogP contribution in [-0.4, -0.2) is 42.2 Å². The zero-order chi connectivity index (χ0) is 15.4. The summed E-state index contributed by atoms with van der Waals surface area (Å²) in [6.45, 7) is 10.3. The number of piperazine rings is 1. The first-order valence-electron chi connectivity index (χ1n) is 7.57. The van der Waals surface area contributed by atoms with Gasteiger partial charge in [0.15, 0.2) is 5.11 Å². The van der Waals surface area contributed by atoms with Gasteiger partial charge in [0, 0.05) is 42.9 Å². The molecule has 0 radical (unpaired) electrons. The van der Waals surface area contributed by atoms with Gasteiger partial charge >= 0.3 is 0 Å². The average molecular weight is 326 g/mol. The van der Waals surface area contributed by atoms with E-state index in [-0.39, 0.29) is 0 Å². The lowest BCUT2D eigenvalue weighted by atomic mass is 10.1. The van der Waals surface area contributed by atoms with Gasteiger partial charge in [0.2, 0.25) is 0 Å². The number of halogens is 1. The smallest absolute Gasteiger partial charge is 0.169 e. The molecule has 2 rings (SSSR count). The minimum Gasteiger partial charge on any atom is -0.368 e. The van der Waals surface area contributed by atoms with Crippen LogP contribution in [0.15, 0.2) is 18.2 Å². The highest BCUT2D eigenvalue weighted by atomic mass is 35.5. The first kappa shape index (κ1) is 16.4. The Kier molecular flexibility index (Phi) is 5.71. The maximum absolute atomic E-state index is 6.12. The molecule has 1 fully saturated rings. The van der Waals surface area contributed by atoms with E-state index in [4.69, 9.17) is 23.8 Å². The summed E-state index contributed by atoms with van der Waals surface area (Å²) < 4.78 is 0. The molecule has 0 amide bonds. The third-order valence-electron chi connectivity index (χ3n) is 4.06. The molecule has 1 saturated heterocycles. The van der Waals surface area contributed by atoms with Crippen molar-refractivity contribution in [2.75, 3.05) is 31.1 Å². The molecule has 0 spiro atoms. The highest BCUT2D eigenvalue weighted by molar-refractivity contribution is 7.80. The van der Waals surface area contributed by atoms with Crippen LogP contribution in [0.1, 0.15) is 25.8 Å². The molecule has 0 unspecified atom stereocenters. The summed E-state index contributed by atoms with van der Waals surface area (Å²) in [6.07, 6.45) is 1.09. The molecule has 5 heteroatoms. The molecule has 116 valence electrons. The number of rotatable bonds is 3. The van der Waals surface area contributed by atoms with Crippen molar-refractivity contribution in [2.24, 2.45) is 0 Å². The Labute approximate surface area is 138 Å². The second-order valence-corrected chi connectivity index (χ2v) is 6.49. The minimum absolute atomic E-state index is 0.436. The van der Waals surface area contributed by atoms with E-state index in [9.17, 15) is 0 Å². The topological polar surface area (TPSA) is 18.5 Å². The van der Waals surface area contributed by atoms with Crippen LogP contribution in [-0.2, 0) is 0 Å². The van der Waals surface area contributed by atoms with E-state index >= 15 is 0 Å². The average Bonchev–Trinajstić information content (AvgIpc) is 2.49. The van der Waals surface area contributed by atoms with Crippen LogP contribution in [0.25, 0.3) is 0 Å². The van der Waals surface area contributed by atoms with Crippen molar-refractivity contribution < 1.29 is 0 Å². The number of anilines is 1. The monoisotopic (exact) mass is 325 g/mol. The molecule has 21 heavy (non-hydrogen) atoms. The quantitative estimate of drug-likeness (QED) is 0.858. The molecule has 0 aliphatic carbocycles. The van der Waals surface area contributed by atoms with Crippen molar-refractivity contribution >= 4 is 34.6 Å². The normalized spacial score (nSPS) is 16.8. The van der Waals surface area contributed by atoms with E-state index in [1.807, 2.05) is 6.07 Å². The van der Waals surface area contributed by atoms with Crippen LogP contribution in [0.2, 0.25) is 5.02 Å². The fraction of sp³-hybridized carbons (Fsp3) is 0.562. The number of nitrogens with one attached hydrogen (secondary N) is 1. The number of benzene rings is 1. The fourth-order valence-electron chi connectivity index (χ4n) is 2.48. The molecular weight excluding hydrogens is 302 g/mol. The number of thiocarbonyl (C=S) groups is 1. The molecule has 1 atom stereocenters. The van der Waals surface area contributed by atoms with E-state index in [2.05, 4.69) is 48.0 Å². The van der Waals surface area contributed by atoms with Crippen LogP contribution < -0.4 is 10.2 Å². The van der Waals surface area contributed by atoms with E-state index < -0.39 is 0 Å². The summed E-state index contributed by atoms with van der Waals surface area (Å²) in [4.78, 5) is 4.65. The van der Waals surface area contributed by atoms with Gasteiger partial charge in [-0.25, -0.2) is 0 Å². The van der Waals surface area contributed by atoms with Crippen LogP contribution >= 0.6 is 23.8 Å². The second kappa shape index (κ2) is 7.32. The number of hydrogen-bond donors (Lipinski definition) is 1. The Morgan fingerprint density at radius 1 is 1.33 bits per heavy atom. The Morgan fingerprint density at radius 3 is 2.62 bits per heavy atom. The first-order chi connectivity index (χ1) is 10.0. The summed E-state index contributed by atoms with van der Waals surface area (Å²) >= 11 is 11.6. The predicted molar refractivity (Wildman–Crippen MR) is 95.5 cm³/mol. The van der Waals surface area contributed by atoms with Gasteiger partial charge in [-0.1, -0.05) is 24.6 Å². The van der Waals surface area contributed by atoms with Crippen LogP contribution in [0.5, 0.6) is 0 Å². The zero-order valence-corrected chi connectivity index (χ0v) is 14.6. The predicted octanol–water partition coefficient (Wildman–Crippen LogP) is 3.44. The minimum atomic E-state index is 0.436. The number of aryl methyl sites for hydroxylation is 1. The molecule has 0 saturated carbocycles. The van der Waals surface area contributed by atoms with Gasteiger partial charge in [-0.05, 0) is 50.2 Å². The highest BCUT2D eigenvalue weighted by Crippen LogP contribution is 2.25. The van der Waals surface area contributed by atoms with Crippen molar-refractivity contribution in [1.82, 2.24) is 10.2 Å². The molecule has 0 aromatic heterocycles. The SMILES string of the molecule is CC[C@H](C)NC(=S)N1CCN(c2cc(Cl)ccc2C)CC1. The zero-order valence-electron chi connectivity index (χ0n) is 13.0. The Bertz CT molecular complexity index is 498. The van der Waals surface area contributed by atoms with Crippen molar-refractivity contribution in [3.63, 3.8) is 0 Å². The van der Waals surface area contributed by atoms with E-state index in [1.165, 1.54) is 11.3 Å². The first-order valence-corrected chi connectivity index (χ1v) is 8.36. The van der Waals surface area contributed by atoms with Gasteiger partial charge in [-0.2, -0.15) is 0 Å². The number of nitrogens with zero attached hydrogens (tertiary/aromatic N) is 2. The molecule has 1 aliphatic heterocycles. The molecular formula is C16H24ClN3S. The van der Waals surface area contributed by atoms with Crippen LogP contribution in [0.4, 0.5) is 5.69 Å². The van der Waals surface area contributed by atoms with E-state index in [0.717, 1.165) is 42.7 Å². The van der Waals surface area contributed by atoms with Crippen LogP contribution in [0.3, 0.4) is 0 Å². The van der Waals surface area contributed by atoms with Crippen molar-refractivity contribution in [3.05, 3.63) is 28.8 Å². The molecule has 1 aliphatic rings.